The lowest BCUT2D eigenvalue weighted by atomic mass is 10.1. The summed E-state index contributed by atoms with van der Waals surface area (Å²) in [4.78, 5) is 12.1. The number of nitrogens with one attached hydrogen (secondary N) is 2. The summed E-state index contributed by atoms with van der Waals surface area (Å²) < 4.78 is 5.22. The van der Waals surface area contributed by atoms with E-state index in [0.717, 1.165) is 5.56 Å². The number of methoxy groups -OCH3 is 1. The van der Waals surface area contributed by atoms with Gasteiger partial charge in [0.15, 0.2) is 0 Å². The van der Waals surface area contributed by atoms with Crippen LogP contribution in [0.4, 0.5) is 11.4 Å². The molecule has 0 aromatic heterocycles. The molecule has 1 heterocycles. The highest BCUT2D eigenvalue weighted by molar-refractivity contribution is 6.32. The topological polar surface area (TPSA) is 76.4 Å². The summed E-state index contributed by atoms with van der Waals surface area (Å²) in [6.07, 6.45) is 0.745. The molecule has 5 nitrogen and oxygen atoms in total. The third-order valence-corrected chi connectivity index (χ3v) is 3.86. The van der Waals surface area contributed by atoms with Gasteiger partial charge in [0.2, 0.25) is 5.91 Å². The summed E-state index contributed by atoms with van der Waals surface area (Å²) in [5.74, 6) is -0.104. The fraction of sp³-hybridized carbons (Fsp3) is 0.462. The lowest BCUT2D eigenvalue weighted by Gasteiger charge is -2.14. The first-order chi connectivity index (χ1) is 9.02. The van der Waals surface area contributed by atoms with E-state index in [-0.39, 0.29) is 18.1 Å². The Morgan fingerprint density at radius 3 is 2.95 bits per heavy atom. The van der Waals surface area contributed by atoms with Crippen molar-refractivity contribution in [2.75, 3.05) is 24.7 Å². The second-order valence-corrected chi connectivity index (χ2v) is 5.08. The zero-order valence-electron chi connectivity index (χ0n) is 11.0. The van der Waals surface area contributed by atoms with Crippen LogP contribution in [0, 0.1) is 6.92 Å². The monoisotopic (exact) mass is 283 g/mol. The van der Waals surface area contributed by atoms with E-state index in [4.69, 9.17) is 22.1 Å². The van der Waals surface area contributed by atoms with Gasteiger partial charge in [-0.1, -0.05) is 11.6 Å². The molecular weight excluding hydrogens is 266 g/mol. The van der Waals surface area contributed by atoms with Crippen molar-refractivity contribution in [2.24, 2.45) is 0 Å². The van der Waals surface area contributed by atoms with Crippen LogP contribution in [0.3, 0.4) is 0 Å². The highest BCUT2D eigenvalue weighted by atomic mass is 35.5. The number of nitrogens with two attached hydrogens (primary N) is 1. The quantitative estimate of drug-likeness (QED) is 0.736. The third kappa shape index (κ3) is 3.00. The molecule has 0 radical (unpaired) electrons. The number of benzene rings is 1. The molecule has 0 aliphatic carbocycles. The number of rotatable bonds is 3. The van der Waals surface area contributed by atoms with Gasteiger partial charge in [0.25, 0.3) is 0 Å². The average molecular weight is 284 g/mol. The predicted molar refractivity (Wildman–Crippen MR) is 76.4 cm³/mol. The van der Waals surface area contributed by atoms with Crippen molar-refractivity contribution in [1.82, 2.24) is 5.32 Å². The van der Waals surface area contributed by atoms with E-state index in [2.05, 4.69) is 10.6 Å². The van der Waals surface area contributed by atoms with Gasteiger partial charge in [-0.3, -0.25) is 4.79 Å². The number of hydrogen-bond acceptors (Lipinski definition) is 4. The maximum atomic E-state index is 12.1. The second kappa shape index (κ2) is 5.77. The van der Waals surface area contributed by atoms with Gasteiger partial charge in [-0.2, -0.15) is 0 Å². The molecule has 1 aliphatic rings. The van der Waals surface area contributed by atoms with Gasteiger partial charge < -0.3 is 21.1 Å². The summed E-state index contributed by atoms with van der Waals surface area (Å²) in [5, 5.41) is 6.53. The van der Waals surface area contributed by atoms with E-state index in [0.29, 0.717) is 29.4 Å². The smallest absolute Gasteiger partial charge is 0.241 e. The number of hydrogen-bond donors (Lipinski definition) is 3. The molecule has 0 spiro atoms. The van der Waals surface area contributed by atoms with Crippen LogP contribution >= 0.6 is 11.6 Å². The molecule has 1 aliphatic heterocycles. The third-order valence-electron chi connectivity index (χ3n) is 3.45. The van der Waals surface area contributed by atoms with Crippen molar-refractivity contribution in [3.8, 4) is 0 Å². The standard InChI is InChI=1S/C13H18ClN3O2/c1-7-9(14)3-4-10(12(7)15)17-13(18)11-5-8(19-2)6-16-11/h3-4,8,11,16H,5-6,15H2,1-2H3,(H,17,18)/t8-,11-/m0/s1. The molecule has 6 heteroatoms. The summed E-state index contributed by atoms with van der Waals surface area (Å²) >= 11 is 5.97. The van der Waals surface area contributed by atoms with Crippen LogP contribution in [-0.4, -0.2) is 31.7 Å². The van der Waals surface area contributed by atoms with Crippen molar-refractivity contribution in [3.63, 3.8) is 0 Å². The molecule has 1 saturated heterocycles. The van der Waals surface area contributed by atoms with Crippen LogP contribution in [-0.2, 0) is 9.53 Å². The van der Waals surface area contributed by atoms with E-state index in [1.165, 1.54) is 0 Å². The van der Waals surface area contributed by atoms with E-state index in [1.54, 1.807) is 19.2 Å². The number of amides is 1. The van der Waals surface area contributed by atoms with Crippen molar-refractivity contribution in [3.05, 3.63) is 22.7 Å². The minimum atomic E-state index is -0.250. The summed E-state index contributed by atoms with van der Waals surface area (Å²) in [7, 11) is 1.65. The number of carbonyl (C=O) groups excluding carboxylic acids is 1. The molecule has 19 heavy (non-hydrogen) atoms. The molecular formula is C13H18ClN3O2. The lowest BCUT2D eigenvalue weighted by Crippen LogP contribution is -2.35. The fourth-order valence-electron chi connectivity index (χ4n) is 2.11. The van der Waals surface area contributed by atoms with Crippen LogP contribution in [0.1, 0.15) is 12.0 Å². The maximum absolute atomic E-state index is 12.1. The zero-order chi connectivity index (χ0) is 14.0. The Kier molecular flexibility index (Phi) is 4.29. The molecule has 104 valence electrons. The molecule has 2 atom stereocenters. The SMILES string of the molecule is CO[C@@H]1CN[C@H](C(=O)Nc2ccc(Cl)c(C)c2N)C1. The second-order valence-electron chi connectivity index (χ2n) is 4.68. The van der Waals surface area contributed by atoms with Crippen LogP contribution in [0.5, 0.6) is 0 Å². The van der Waals surface area contributed by atoms with Crippen molar-refractivity contribution < 1.29 is 9.53 Å². The molecule has 2 rings (SSSR count). The van der Waals surface area contributed by atoms with Crippen LogP contribution in [0.2, 0.25) is 5.02 Å². The minimum Gasteiger partial charge on any atom is -0.397 e. The van der Waals surface area contributed by atoms with E-state index < -0.39 is 0 Å². The summed E-state index contributed by atoms with van der Waals surface area (Å²) in [5.41, 5.74) is 7.81. The Morgan fingerprint density at radius 2 is 2.32 bits per heavy atom. The Hall–Kier alpha value is -1.30. The molecule has 0 unspecified atom stereocenters. The summed E-state index contributed by atoms with van der Waals surface area (Å²) in [6.45, 7) is 2.51. The van der Waals surface area contributed by atoms with E-state index >= 15 is 0 Å². The molecule has 0 saturated carbocycles. The number of anilines is 2. The first kappa shape index (κ1) is 14.1. The van der Waals surface area contributed by atoms with Crippen molar-refractivity contribution in [1.29, 1.82) is 0 Å². The van der Waals surface area contributed by atoms with Gasteiger partial charge in [0, 0.05) is 18.7 Å². The van der Waals surface area contributed by atoms with Crippen LogP contribution in [0.15, 0.2) is 12.1 Å². The van der Waals surface area contributed by atoms with Crippen molar-refractivity contribution >= 4 is 28.9 Å². The molecule has 1 aromatic rings. The molecule has 1 amide bonds. The number of ether oxygens (including phenoxy) is 1. The molecule has 0 bridgehead atoms. The van der Waals surface area contributed by atoms with Crippen LogP contribution in [0.25, 0.3) is 0 Å². The highest BCUT2D eigenvalue weighted by Crippen LogP contribution is 2.28. The highest BCUT2D eigenvalue weighted by Gasteiger charge is 2.29. The van der Waals surface area contributed by atoms with E-state index in [1.807, 2.05) is 6.92 Å². The van der Waals surface area contributed by atoms with Gasteiger partial charge >= 0.3 is 0 Å². The number of halogens is 1. The normalized spacial score (nSPS) is 22.5. The Labute approximate surface area is 117 Å². The molecule has 4 N–H and O–H groups in total. The predicted octanol–water partition coefficient (Wildman–Crippen LogP) is 1.55. The molecule has 1 aromatic carbocycles. The van der Waals surface area contributed by atoms with Gasteiger partial charge in [0.05, 0.1) is 23.5 Å². The number of carbonyl (C=O) groups is 1. The largest absolute Gasteiger partial charge is 0.397 e. The van der Waals surface area contributed by atoms with Gasteiger partial charge in [-0.15, -0.1) is 0 Å². The Morgan fingerprint density at radius 1 is 1.58 bits per heavy atom. The van der Waals surface area contributed by atoms with Gasteiger partial charge in [-0.25, -0.2) is 0 Å². The minimum absolute atomic E-state index is 0.0834. The summed E-state index contributed by atoms with van der Waals surface area (Å²) in [6, 6.07) is 3.19. The zero-order valence-corrected chi connectivity index (χ0v) is 11.8. The van der Waals surface area contributed by atoms with Crippen molar-refractivity contribution in [2.45, 2.75) is 25.5 Å². The first-order valence-electron chi connectivity index (χ1n) is 6.14. The first-order valence-corrected chi connectivity index (χ1v) is 6.52. The average Bonchev–Trinajstić information content (AvgIpc) is 2.88. The Bertz CT molecular complexity index is 493. The van der Waals surface area contributed by atoms with E-state index in [9.17, 15) is 4.79 Å². The fourth-order valence-corrected chi connectivity index (χ4v) is 2.28. The Balaban J connectivity index is 2.06. The lowest BCUT2D eigenvalue weighted by molar-refractivity contribution is -0.118. The molecule has 1 fully saturated rings. The van der Waals surface area contributed by atoms with Gasteiger partial charge in [-0.05, 0) is 31.0 Å². The van der Waals surface area contributed by atoms with Gasteiger partial charge in [0.1, 0.15) is 0 Å². The number of nitrogen functional groups attached to an aromatic ring is 1. The van der Waals surface area contributed by atoms with Crippen LogP contribution < -0.4 is 16.4 Å². The maximum Gasteiger partial charge on any atom is 0.241 e.